The van der Waals surface area contributed by atoms with Gasteiger partial charge in [-0.15, -0.1) is 5.10 Å². The molecule has 0 aliphatic rings. The number of nitrogens with zero attached hydrogens (tertiary/aromatic N) is 4. The van der Waals surface area contributed by atoms with Gasteiger partial charge in [0.05, 0.1) is 17.5 Å². The monoisotopic (exact) mass is 229 g/mol. The molecule has 0 saturated heterocycles. The predicted molar refractivity (Wildman–Crippen MR) is 60.1 cm³/mol. The second-order valence-electron chi connectivity index (χ2n) is 3.56. The molecule has 6 nitrogen and oxygen atoms in total. The molecule has 0 atom stereocenters. The van der Waals surface area contributed by atoms with E-state index < -0.39 is 0 Å². The van der Waals surface area contributed by atoms with Gasteiger partial charge in [-0.1, -0.05) is 5.16 Å². The number of rotatable bonds is 3. The molecular weight excluding hydrogens is 218 g/mol. The molecule has 0 fully saturated rings. The van der Waals surface area contributed by atoms with E-state index in [1.807, 2.05) is 13.8 Å². The van der Waals surface area contributed by atoms with Crippen LogP contribution in [0.1, 0.15) is 22.6 Å². The van der Waals surface area contributed by atoms with E-state index in [1.54, 1.807) is 6.07 Å². The Bertz CT molecular complexity index is 550. The first kappa shape index (κ1) is 11.1. The van der Waals surface area contributed by atoms with Gasteiger partial charge in [0.15, 0.2) is 5.82 Å². The average Bonchev–Trinajstić information content (AvgIpc) is 2.67. The highest BCUT2D eigenvalue weighted by Gasteiger charge is 2.10. The van der Waals surface area contributed by atoms with Gasteiger partial charge >= 0.3 is 0 Å². The molecule has 0 unspecified atom stereocenters. The van der Waals surface area contributed by atoms with Gasteiger partial charge in [-0.25, -0.2) is 0 Å². The fourth-order valence-corrected chi connectivity index (χ4v) is 1.48. The fourth-order valence-electron chi connectivity index (χ4n) is 1.48. The van der Waals surface area contributed by atoms with E-state index in [-0.39, 0.29) is 0 Å². The van der Waals surface area contributed by atoms with Crippen LogP contribution >= 0.6 is 0 Å². The standard InChI is InChI=1S/C11H11N5O/c1-7-10(8(2)17-16-7)6-13-11-9(5-12)3-4-14-15-11/h3-4H,6H2,1-2H3,(H,13,15). The van der Waals surface area contributed by atoms with Crippen LogP contribution in [0.2, 0.25) is 0 Å². The molecule has 0 amide bonds. The van der Waals surface area contributed by atoms with E-state index in [9.17, 15) is 0 Å². The Hall–Kier alpha value is -2.42. The van der Waals surface area contributed by atoms with Crippen molar-refractivity contribution in [3.05, 3.63) is 34.8 Å². The third-order valence-electron chi connectivity index (χ3n) is 2.46. The summed E-state index contributed by atoms with van der Waals surface area (Å²) in [4.78, 5) is 0. The third kappa shape index (κ3) is 2.23. The van der Waals surface area contributed by atoms with Crippen molar-refractivity contribution in [1.29, 1.82) is 5.26 Å². The maximum atomic E-state index is 8.90. The molecule has 0 saturated carbocycles. The fraction of sp³-hybridized carbons (Fsp3) is 0.273. The summed E-state index contributed by atoms with van der Waals surface area (Å²) >= 11 is 0. The molecule has 1 N–H and O–H groups in total. The van der Waals surface area contributed by atoms with Gasteiger partial charge in [0, 0.05) is 12.1 Å². The van der Waals surface area contributed by atoms with Crippen molar-refractivity contribution in [3.63, 3.8) is 0 Å². The molecule has 0 aliphatic carbocycles. The maximum Gasteiger partial charge on any atom is 0.166 e. The van der Waals surface area contributed by atoms with Gasteiger partial charge in [-0.2, -0.15) is 10.4 Å². The van der Waals surface area contributed by atoms with Crippen LogP contribution < -0.4 is 5.32 Å². The molecule has 0 aliphatic heterocycles. The van der Waals surface area contributed by atoms with Gasteiger partial charge in [-0.3, -0.25) is 0 Å². The first-order valence-corrected chi connectivity index (χ1v) is 5.09. The minimum Gasteiger partial charge on any atom is -0.363 e. The second-order valence-corrected chi connectivity index (χ2v) is 3.56. The largest absolute Gasteiger partial charge is 0.363 e. The van der Waals surface area contributed by atoms with Crippen LogP contribution in [-0.4, -0.2) is 15.4 Å². The lowest BCUT2D eigenvalue weighted by atomic mass is 10.2. The van der Waals surface area contributed by atoms with E-state index in [2.05, 4.69) is 26.7 Å². The summed E-state index contributed by atoms with van der Waals surface area (Å²) in [5, 5.41) is 23.4. The lowest BCUT2D eigenvalue weighted by Crippen LogP contribution is -2.05. The molecular formula is C11H11N5O. The predicted octanol–water partition coefficient (Wildman–Crippen LogP) is 1.57. The average molecular weight is 229 g/mol. The van der Waals surface area contributed by atoms with Crippen LogP contribution in [0.4, 0.5) is 5.82 Å². The Morgan fingerprint density at radius 1 is 1.47 bits per heavy atom. The lowest BCUT2D eigenvalue weighted by Gasteiger charge is -2.05. The van der Waals surface area contributed by atoms with Gasteiger partial charge in [0.2, 0.25) is 0 Å². The molecule has 17 heavy (non-hydrogen) atoms. The van der Waals surface area contributed by atoms with E-state index in [0.717, 1.165) is 17.0 Å². The van der Waals surface area contributed by atoms with Crippen LogP contribution in [-0.2, 0) is 6.54 Å². The molecule has 2 aromatic heterocycles. The van der Waals surface area contributed by atoms with Gasteiger partial charge in [0.1, 0.15) is 11.8 Å². The summed E-state index contributed by atoms with van der Waals surface area (Å²) in [5.41, 5.74) is 2.27. The highest BCUT2D eigenvalue weighted by molar-refractivity contribution is 5.50. The van der Waals surface area contributed by atoms with Crippen LogP contribution in [0, 0.1) is 25.2 Å². The number of nitrogens with one attached hydrogen (secondary N) is 1. The van der Waals surface area contributed by atoms with E-state index in [0.29, 0.717) is 17.9 Å². The van der Waals surface area contributed by atoms with Crippen LogP contribution in [0.15, 0.2) is 16.8 Å². The first-order valence-electron chi connectivity index (χ1n) is 5.09. The number of anilines is 1. The highest BCUT2D eigenvalue weighted by atomic mass is 16.5. The molecule has 2 aromatic rings. The Balaban J connectivity index is 2.16. The Kier molecular flexibility index (Phi) is 3.01. The van der Waals surface area contributed by atoms with Crippen LogP contribution in [0.25, 0.3) is 0 Å². The summed E-state index contributed by atoms with van der Waals surface area (Å²) in [5.74, 6) is 1.23. The molecule has 0 radical (unpaired) electrons. The molecule has 2 heterocycles. The summed E-state index contributed by atoms with van der Waals surface area (Å²) in [6, 6.07) is 3.66. The zero-order chi connectivity index (χ0) is 12.3. The quantitative estimate of drug-likeness (QED) is 0.859. The maximum absolute atomic E-state index is 8.90. The molecule has 0 aromatic carbocycles. The van der Waals surface area contributed by atoms with E-state index in [1.165, 1.54) is 6.20 Å². The minimum atomic E-state index is 0.465. The molecule has 86 valence electrons. The number of aromatic nitrogens is 3. The normalized spacial score (nSPS) is 9.94. The number of nitriles is 1. The smallest absolute Gasteiger partial charge is 0.166 e. The summed E-state index contributed by atoms with van der Waals surface area (Å²) < 4.78 is 5.05. The first-order chi connectivity index (χ1) is 8.22. The molecule has 0 bridgehead atoms. The van der Waals surface area contributed by atoms with Crippen LogP contribution in [0.3, 0.4) is 0 Å². The van der Waals surface area contributed by atoms with E-state index >= 15 is 0 Å². The Morgan fingerprint density at radius 3 is 2.94 bits per heavy atom. The molecule has 6 heteroatoms. The Labute approximate surface area is 98.3 Å². The lowest BCUT2D eigenvalue weighted by molar-refractivity contribution is 0.392. The van der Waals surface area contributed by atoms with Gasteiger partial charge in [0.25, 0.3) is 0 Å². The number of aryl methyl sites for hydroxylation is 2. The van der Waals surface area contributed by atoms with Crippen molar-refractivity contribution in [3.8, 4) is 6.07 Å². The molecule has 0 spiro atoms. The second kappa shape index (κ2) is 4.61. The zero-order valence-electron chi connectivity index (χ0n) is 9.56. The number of hydrogen-bond donors (Lipinski definition) is 1. The summed E-state index contributed by atoms with van der Waals surface area (Å²) in [6.07, 6.45) is 1.49. The van der Waals surface area contributed by atoms with Crippen molar-refractivity contribution in [1.82, 2.24) is 15.4 Å². The third-order valence-corrected chi connectivity index (χ3v) is 2.46. The molecule has 2 rings (SSSR count). The topological polar surface area (TPSA) is 87.6 Å². The van der Waals surface area contributed by atoms with Gasteiger partial charge in [-0.05, 0) is 19.9 Å². The van der Waals surface area contributed by atoms with Crippen LogP contribution in [0.5, 0.6) is 0 Å². The SMILES string of the molecule is Cc1noc(C)c1CNc1nnccc1C#N. The van der Waals surface area contributed by atoms with Crippen molar-refractivity contribution in [2.45, 2.75) is 20.4 Å². The number of hydrogen-bond acceptors (Lipinski definition) is 6. The van der Waals surface area contributed by atoms with Gasteiger partial charge < -0.3 is 9.84 Å². The van der Waals surface area contributed by atoms with Crippen molar-refractivity contribution < 1.29 is 4.52 Å². The van der Waals surface area contributed by atoms with Crippen molar-refractivity contribution in [2.75, 3.05) is 5.32 Å². The van der Waals surface area contributed by atoms with E-state index in [4.69, 9.17) is 9.78 Å². The minimum absolute atomic E-state index is 0.465. The van der Waals surface area contributed by atoms with Crippen molar-refractivity contribution in [2.24, 2.45) is 0 Å². The highest BCUT2D eigenvalue weighted by Crippen LogP contribution is 2.15. The van der Waals surface area contributed by atoms with Crippen molar-refractivity contribution >= 4 is 5.82 Å². The summed E-state index contributed by atoms with van der Waals surface area (Å²) in [7, 11) is 0. The zero-order valence-corrected chi connectivity index (χ0v) is 9.56. The summed E-state index contributed by atoms with van der Waals surface area (Å²) in [6.45, 7) is 4.23. The Morgan fingerprint density at radius 2 is 2.29 bits per heavy atom.